The van der Waals surface area contributed by atoms with E-state index in [1.54, 1.807) is 47.7 Å². The van der Waals surface area contributed by atoms with E-state index in [0.29, 0.717) is 88.0 Å². The van der Waals surface area contributed by atoms with Crippen molar-refractivity contribution in [3.8, 4) is 34.5 Å². The van der Waals surface area contributed by atoms with Crippen molar-refractivity contribution in [1.82, 2.24) is 4.98 Å². The van der Waals surface area contributed by atoms with Crippen molar-refractivity contribution < 1.29 is 57.0 Å². The summed E-state index contributed by atoms with van der Waals surface area (Å²) in [6.07, 6.45) is 15.8. The van der Waals surface area contributed by atoms with Gasteiger partial charge >= 0.3 is 17.9 Å². The molecular weight excluding hydrogens is 999 g/mol. The highest BCUT2D eigenvalue weighted by Gasteiger charge is 2.30. The van der Waals surface area contributed by atoms with E-state index >= 15 is 0 Å². The van der Waals surface area contributed by atoms with Crippen LogP contribution in [0.3, 0.4) is 0 Å². The second-order valence-electron chi connectivity index (χ2n) is 19.6. The maximum Gasteiger partial charge on any atom is 0.330 e. The smallest absolute Gasteiger partial charge is 0.330 e. The number of para-hydroxylation sites is 1. The van der Waals surface area contributed by atoms with Gasteiger partial charge in [-0.1, -0.05) is 69.6 Å². The van der Waals surface area contributed by atoms with E-state index in [1.165, 1.54) is 0 Å². The van der Waals surface area contributed by atoms with Crippen molar-refractivity contribution in [3.63, 3.8) is 0 Å². The van der Waals surface area contributed by atoms with Gasteiger partial charge in [0.25, 0.3) is 0 Å². The largest absolute Gasteiger partial charge is 0.494 e. The summed E-state index contributed by atoms with van der Waals surface area (Å²) >= 11 is 1.64. The first-order valence-corrected chi connectivity index (χ1v) is 28.5. The number of hydrogen-bond acceptors (Lipinski definition) is 16. The highest BCUT2D eigenvalue weighted by Crippen LogP contribution is 2.35. The molecule has 2 fully saturated rings. The summed E-state index contributed by atoms with van der Waals surface area (Å²) in [6, 6.07) is 28.4. The Balaban J connectivity index is 0.893. The number of carbonyl (C=O) groups is 3. The van der Waals surface area contributed by atoms with E-state index in [-0.39, 0.29) is 42.9 Å². The van der Waals surface area contributed by atoms with Crippen LogP contribution in [-0.2, 0) is 28.6 Å². The molecule has 414 valence electrons. The lowest BCUT2D eigenvalue weighted by Gasteiger charge is -2.28. The number of carbonyl (C=O) groups excluding carboxylic acids is 3. The number of benzene rings is 4. The third-order valence-electron chi connectivity index (χ3n) is 13.7. The number of fused-ring (bicyclic) bond motifs is 1. The summed E-state index contributed by atoms with van der Waals surface area (Å²) in [6.45, 7) is 12.1. The van der Waals surface area contributed by atoms with Crippen LogP contribution in [0.25, 0.3) is 10.2 Å². The van der Waals surface area contributed by atoms with E-state index in [4.69, 9.17) is 52.7 Å². The molecule has 0 atom stereocenters. The van der Waals surface area contributed by atoms with Crippen molar-refractivity contribution in [1.29, 1.82) is 0 Å². The molecule has 77 heavy (non-hydrogen) atoms. The van der Waals surface area contributed by atoms with Crippen LogP contribution in [0, 0.1) is 23.7 Å². The zero-order valence-corrected chi connectivity index (χ0v) is 45.8. The third-order valence-corrected chi connectivity index (χ3v) is 14.8. The van der Waals surface area contributed by atoms with Gasteiger partial charge < -0.3 is 42.6 Å². The Morgan fingerprint density at radius 2 is 1.17 bits per heavy atom. The molecule has 0 N–H and O–H groups in total. The van der Waals surface area contributed by atoms with Crippen LogP contribution in [0.5, 0.6) is 34.5 Å². The van der Waals surface area contributed by atoms with Crippen LogP contribution in [0.2, 0.25) is 0 Å². The summed E-state index contributed by atoms with van der Waals surface area (Å²) in [5, 5.41) is 7.93. The molecule has 5 aromatic rings. The Hall–Kier alpha value is -6.49. The maximum atomic E-state index is 13.3. The number of thiazole rings is 1. The normalized spacial score (nSPS) is 17.4. The van der Waals surface area contributed by atoms with Crippen LogP contribution < -0.4 is 33.4 Å². The van der Waals surface area contributed by atoms with Gasteiger partial charge in [-0.2, -0.15) is 5.10 Å². The minimum absolute atomic E-state index is 0.145. The molecule has 16 heteroatoms. The highest BCUT2D eigenvalue weighted by atomic mass is 32.1. The summed E-state index contributed by atoms with van der Waals surface area (Å²) < 4.78 is 53.1. The molecule has 7 rings (SSSR count). The Bertz CT molecular complexity index is 2560. The average Bonchev–Trinajstić information content (AvgIpc) is 3.90. The zero-order chi connectivity index (χ0) is 53.9. The Morgan fingerprint density at radius 1 is 0.610 bits per heavy atom. The molecule has 1 aromatic heterocycles. The SMILES string of the molecule is C=CC(=O)OCCOCCOCCOc1ccc(OC(=O)C2CCC(COc3ccc(OCC4CCC(C(=O)Oc5ccc(OCCCC)cc5)CC4)cc3/C=N/N(CCCCCC)c3nc4ccccc4s3)CC2)cc1. The highest BCUT2D eigenvalue weighted by molar-refractivity contribution is 7.22. The molecule has 0 bridgehead atoms. The van der Waals surface area contributed by atoms with E-state index in [2.05, 4.69) is 26.5 Å². The first kappa shape index (κ1) is 58.2. The monoisotopic (exact) mass is 1080 g/mol. The number of rotatable bonds is 33. The quantitative estimate of drug-likeness (QED) is 0.00974. The molecule has 2 aliphatic rings. The molecule has 0 spiro atoms. The summed E-state index contributed by atoms with van der Waals surface area (Å²) in [5.74, 6) is 3.21. The number of ether oxygens (including phenoxy) is 9. The number of esters is 3. The summed E-state index contributed by atoms with van der Waals surface area (Å²) in [7, 11) is 0. The van der Waals surface area contributed by atoms with Crippen LogP contribution in [0.15, 0.2) is 109 Å². The molecule has 2 saturated carbocycles. The van der Waals surface area contributed by atoms with E-state index in [9.17, 15) is 14.4 Å². The minimum Gasteiger partial charge on any atom is -0.494 e. The van der Waals surface area contributed by atoms with E-state index in [1.807, 2.05) is 59.8 Å². The van der Waals surface area contributed by atoms with E-state index in [0.717, 1.165) is 122 Å². The molecule has 0 radical (unpaired) electrons. The van der Waals surface area contributed by atoms with Gasteiger partial charge in [0.05, 0.1) is 74.5 Å². The van der Waals surface area contributed by atoms with Gasteiger partial charge in [0, 0.05) is 18.2 Å². The predicted octanol–water partition coefficient (Wildman–Crippen LogP) is 12.6. The molecule has 0 saturated heterocycles. The van der Waals surface area contributed by atoms with Crippen molar-refractivity contribution >= 4 is 50.8 Å². The van der Waals surface area contributed by atoms with Gasteiger partial charge in [-0.05, 0) is 155 Å². The third kappa shape index (κ3) is 19.8. The molecule has 0 amide bonds. The second-order valence-corrected chi connectivity index (χ2v) is 20.6. The van der Waals surface area contributed by atoms with Gasteiger partial charge in [-0.3, -0.25) is 9.59 Å². The van der Waals surface area contributed by atoms with Crippen molar-refractivity contribution in [2.45, 2.75) is 104 Å². The molecular formula is C61H77N3O12S. The predicted molar refractivity (Wildman–Crippen MR) is 300 cm³/mol. The standard InChI is InChI=1S/C61H77N3O12S/c1-4-7-9-12-33-64(61-63-55-13-10-11-14-57(55)77-61)62-42-49-41-54(73-43-45-15-19-47(20-16-45)59(66)75-52-27-23-50(24-28-52)70-34-8-5-2)31-32-56(49)74-44-46-17-21-48(22-18-46)60(67)76-53-29-25-51(26-30-53)71-39-37-68-35-36-69-38-40-72-58(65)6-3/h6,10-11,13-14,23-32,41-42,45-48H,3-5,7-9,12,15-22,33-40,43-44H2,1-2H3/b62-42+. The Kier molecular flexibility index (Phi) is 24.4. The van der Waals surface area contributed by atoms with Crippen LogP contribution in [0.4, 0.5) is 5.13 Å². The first-order chi connectivity index (χ1) is 37.8. The van der Waals surface area contributed by atoms with E-state index < -0.39 is 5.97 Å². The zero-order valence-electron chi connectivity index (χ0n) is 45.0. The molecule has 0 aliphatic heterocycles. The Labute approximate surface area is 458 Å². The number of hydrazone groups is 1. The lowest BCUT2D eigenvalue weighted by Crippen LogP contribution is -2.28. The number of hydrogen-bond donors (Lipinski definition) is 0. The van der Waals surface area contributed by atoms with Crippen LogP contribution in [0.1, 0.15) is 109 Å². The van der Waals surface area contributed by atoms with Crippen molar-refractivity contribution in [2.75, 3.05) is 71.0 Å². The fraction of sp³-hybridized carbons (Fsp3) is 0.492. The van der Waals surface area contributed by atoms with Crippen LogP contribution >= 0.6 is 11.3 Å². The number of anilines is 1. The molecule has 4 aromatic carbocycles. The summed E-state index contributed by atoms with van der Waals surface area (Å²) in [5.41, 5.74) is 1.76. The minimum atomic E-state index is -0.479. The molecule has 15 nitrogen and oxygen atoms in total. The number of aromatic nitrogens is 1. The lowest BCUT2D eigenvalue weighted by molar-refractivity contribution is -0.141. The van der Waals surface area contributed by atoms with Gasteiger partial charge in [0.15, 0.2) is 0 Å². The number of nitrogens with zero attached hydrogens (tertiary/aromatic N) is 3. The molecule has 0 unspecified atom stereocenters. The van der Waals surface area contributed by atoms with Crippen molar-refractivity contribution in [2.24, 2.45) is 28.8 Å². The Morgan fingerprint density at radius 3 is 1.78 bits per heavy atom. The van der Waals surface area contributed by atoms with Gasteiger partial charge in [-0.25, -0.2) is 14.8 Å². The van der Waals surface area contributed by atoms with Gasteiger partial charge in [-0.15, -0.1) is 0 Å². The molecule has 1 heterocycles. The van der Waals surface area contributed by atoms with Crippen LogP contribution in [-0.4, -0.2) is 95.1 Å². The fourth-order valence-electron chi connectivity index (χ4n) is 9.14. The number of unbranched alkanes of at least 4 members (excludes halogenated alkanes) is 4. The average molecular weight is 1080 g/mol. The van der Waals surface area contributed by atoms with Gasteiger partial charge in [0.1, 0.15) is 47.7 Å². The summed E-state index contributed by atoms with van der Waals surface area (Å²) in [4.78, 5) is 42.4. The fourth-order valence-corrected chi connectivity index (χ4v) is 10.1. The van der Waals surface area contributed by atoms with Crippen molar-refractivity contribution in [3.05, 3.63) is 109 Å². The second kappa shape index (κ2) is 32.3. The maximum absolute atomic E-state index is 13.3. The topological polar surface area (TPSA) is 163 Å². The lowest BCUT2D eigenvalue weighted by atomic mass is 9.82. The molecule has 2 aliphatic carbocycles. The first-order valence-electron chi connectivity index (χ1n) is 27.7. The van der Waals surface area contributed by atoms with Gasteiger partial charge in [0.2, 0.25) is 5.13 Å².